The number of hydrogen-bond donors (Lipinski definition) is 0. The van der Waals surface area contributed by atoms with Gasteiger partial charge in [0.2, 0.25) is 0 Å². The van der Waals surface area contributed by atoms with Crippen molar-refractivity contribution in [2.24, 2.45) is 0 Å². The highest BCUT2D eigenvalue weighted by atomic mass is 19.4. The molecule has 0 bridgehead atoms. The van der Waals surface area contributed by atoms with Crippen LogP contribution in [0.1, 0.15) is 18.3 Å². The molecule has 0 radical (unpaired) electrons. The number of hydrogen-bond acceptors (Lipinski definition) is 1. The zero-order chi connectivity index (χ0) is 11.6. The van der Waals surface area contributed by atoms with Crippen LogP contribution in [-0.2, 0) is 19.1 Å². The van der Waals surface area contributed by atoms with Crippen molar-refractivity contribution in [1.82, 2.24) is 9.78 Å². The van der Waals surface area contributed by atoms with Crippen LogP contribution in [0.5, 0.6) is 0 Å². The summed E-state index contributed by atoms with van der Waals surface area (Å²) in [6.45, 7) is 0.776. The SMILES string of the molecule is CCc1cc(C(F)(F)F)nn1CC(F)F. The fourth-order valence-corrected chi connectivity index (χ4v) is 1.17. The molecule has 0 spiro atoms. The molecule has 0 fully saturated rings. The van der Waals surface area contributed by atoms with E-state index < -0.39 is 24.8 Å². The van der Waals surface area contributed by atoms with Crippen molar-refractivity contribution >= 4 is 0 Å². The summed E-state index contributed by atoms with van der Waals surface area (Å²) in [6.07, 6.45) is -7.07. The molecular formula is C8H9F5N2. The third-order valence-corrected chi connectivity index (χ3v) is 1.83. The number of aryl methyl sites for hydroxylation is 1. The van der Waals surface area contributed by atoms with E-state index in [1.165, 1.54) is 0 Å². The Morgan fingerprint density at radius 2 is 2.00 bits per heavy atom. The molecule has 0 aromatic carbocycles. The maximum atomic E-state index is 12.2. The summed E-state index contributed by atoms with van der Waals surface area (Å²) >= 11 is 0. The van der Waals surface area contributed by atoms with Gasteiger partial charge in [0.05, 0.1) is 0 Å². The molecule has 0 N–H and O–H groups in total. The molecule has 0 saturated carbocycles. The summed E-state index contributed by atoms with van der Waals surface area (Å²) in [5.41, 5.74) is -0.970. The van der Waals surface area contributed by atoms with Crippen molar-refractivity contribution < 1.29 is 22.0 Å². The number of aromatic nitrogens is 2. The highest BCUT2D eigenvalue weighted by molar-refractivity contribution is 5.13. The van der Waals surface area contributed by atoms with Crippen molar-refractivity contribution in [2.75, 3.05) is 0 Å². The van der Waals surface area contributed by atoms with Gasteiger partial charge in [-0.2, -0.15) is 18.3 Å². The topological polar surface area (TPSA) is 17.8 Å². The molecule has 0 atom stereocenters. The van der Waals surface area contributed by atoms with Gasteiger partial charge in [-0.1, -0.05) is 6.92 Å². The van der Waals surface area contributed by atoms with Crippen LogP contribution >= 0.6 is 0 Å². The second kappa shape index (κ2) is 4.16. The summed E-state index contributed by atoms with van der Waals surface area (Å²) in [6, 6.07) is 0.794. The van der Waals surface area contributed by atoms with Gasteiger partial charge in [-0.05, 0) is 12.5 Å². The Labute approximate surface area is 82.7 Å². The Balaban J connectivity index is 3.00. The van der Waals surface area contributed by atoms with E-state index >= 15 is 0 Å². The maximum absolute atomic E-state index is 12.2. The number of rotatable bonds is 3. The van der Waals surface area contributed by atoms with E-state index in [0.29, 0.717) is 4.68 Å². The fraction of sp³-hybridized carbons (Fsp3) is 0.625. The zero-order valence-electron chi connectivity index (χ0n) is 7.85. The first-order valence-electron chi connectivity index (χ1n) is 4.26. The van der Waals surface area contributed by atoms with E-state index in [-0.39, 0.29) is 12.1 Å². The van der Waals surface area contributed by atoms with Crippen molar-refractivity contribution in [3.8, 4) is 0 Å². The molecule has 86 valence electrons. The Kier molecular flexibility index (Phi) is 3.31. The molecule has 1 aromatic rings. The number of alkyl halides is 5. The molecule has 7 heteroatoms. The third kappa shape index (κ3) is 2.90. The molecule has 0 aliphatic heterocycles. The van der Waals surface area contributed by atoms with Crippen LogP contribution in [0.2, 0.25) is 0 Å². The van der Waals surface area contributed by atoms with Gasteiger partial charge in [0, 0.05) is 5.69 Å². The highest BCUT2D eigenvalue weighted by Crippen LogP contribution is 2.28. The minimum Gasteiger partial charge on any atom is -0.263 e. The number of nitrogens with zero attached hydrogens (tertiary/aromatic N) is 2. The lowest BCUT2D eigenvalue weighted by atomic mass is 10.3. The Morgan fingerprint density at radius 3 is 2.40 bits per heavy atom. The maximum Gasteiger partial charge on any atom is 0.435 e. The molecule has 0 unspecified atom stereocenters. The molecule has 1 aromatic heterocycles. The Hall–Kier alpha value is -1.14. The average molecular weight is 228 g/mol. The van der Waals surface area contributed by atoms with Crippen LogP contribution in [0.25, 0.3) is 0 Å². The second-order valence-corrected chi connectivity index (χ2v) is 2.95. The highest BCUT2D eigenvalue weighted by Gasteiger charge is 2.34. The molecule has 0 saturated heterocycles. The predicted molar refractivity (Wildman–Crippen MR) is 42.6 cm³/mol. The average Bonchev–Trinajstić information content (AvgIpc) is 2.45. The van der Waals surface area contributed by atoms with Crippen molar-refractivity contribution in [2.45, 2.75) is 32.5 Å². The smallest absolute Gasteiger partial charge is 0.263 e. The minimum atomic E-state index is -4.59. The second-order valence-electron chi connectivity index (χ2n) is 2.95. The normalized spacial score (nSPS) is 12.5. The quantitative estimate of drug-likeness (QED) is 0.727. The number of halogens is 5. The van der Waals surface area contributed by atoms with E-state index in [1.807, 2.05) is 0 Å². The van der Waals surface area contributed by atoms with Gasteiger partial charge in [0.1, 0.15) is 6.54 Å². The van der Waals surface area contributed by atoms with Gasteiger partial charge in [-0.3, -0.25) is 4.68 Å². The summed E-state index contributed by atoms with van der Waals surface area (Å²) < 4.78 is 61.3. The molecule has 0 aliphatic rings. The lowest BCUT2D eigenvalue weighted by Crippen LogP contribution is -2.13. The van der Waals surface area contributed by atoms with E-state index in [9.17, 15) is 22.0 Å². The van der Waals surface area contributed by atoms with Gasteiger partial charge in [0.15, 0.2) is 5.69 Å². The van der Waals surface area contributed by atoms with Gasteiger partial charge in [-0.15, -0.1) is 0 Å². The molecule has 1 rings (SSSR count). The van der Waals surface area contributed by atoms with E-state index in [1.54, 1.807) is 6.92 Å². The summed E-state index contributed by atoms with van der Waals surface area (Å²) in [4.78, 5) is 0. The monoisotopic (exact) mass is 228 g/mol. The van der Waals surface area contributed by atoms with Gasteiger partial charge >= 0.3 is 6.18 Å². The summed E-state index contributed by atoms with van der Waals surface area (Å²) in [5, 5.41) is 3.10. The van der Waals surface area contributed by atoms with Crippen molar-refractivity contribution in [1.29, 1.82) is 0 Å². The van der Waals surface area contributed by atoms with E-state index in [0.717, 1.165) is 6.07 Å². The largest absolute Gasteiger partial charge is 0.435 e. The third-order valence-electron chi connectivity index (χ3n) is 1.83. The zero-order valence-corrected chi connectivity index (χ0v) is 7.85. The van der Waals surface area contributed by atoms with Crippen molar-refractivity contribution in [3.63, 3.8) is 0 Å². The van der Waals surface area contributed by atoms with Crippen LogP contribution in [0.15, 0.2) is 6.07 Å². The van der Waals surface area contributed by atoms with Crippen LogP contribution in [0.4, 0.5) is 22.0 Å². The first-order chi connectivity index (χ1) is 6.84. The molecule has 1 heterocycles. The molecule has 15 heavy (non-hydrogen) atoms. The van der Waals surface area contributed by atoms with Crippen LogP contribution in [-0.4, -0.2) is 16.2 Å². The lowest BCUT2D eigenvalue weighted by molar-refractivity contribution is -0.141. The lowest BCUT2D eigenvalue weighted by Gasteiger charge is -2.04. The Morgan fingerprint density at radius 1 is 1.40 bits per heavy atom. The predicted octanol–water partition coefficient (Wildman–Crippen LogP) is 2.73. The molecule has 0 aliphatic carbocycles. The molecule has 0 amide bonds. The van der Waals surface area contributed by atoms with Crippen LogP contribution in [0, 0.1) is 0 Å². The van der Waals surface area contributed by atoms with Gasteiger partial charge < -0.3 is 0 Å². The molecular weight excluding hydrogens is 219 g/mol. The molecule has 2 nitrogen and oxygen atoms in total. The Bertz CT molecular complexity index is 328. The van der Waals surface area contributed by atoms with E-state index in [2.05, 4.69) is 5.10 Å². The van der Waals surface area contributed by atoms with Crippen LogP contribution in [0.3, 0.4) is 0 Å². The van der Waals surface area contributed by atoms with Gasteiger partial charge in [-0.25, -0.2) is 8.78 Å². The summed E-state index contributed by atoms with van der Waals surface area (Å²) in [7, 11) is 0. The van der Waals surface area contributed by atoms with Gasteiger partial charge in [0.25, 0.3) is 6.43 Å². The standard InChI is InChI=1S/C8H9F5N2/c1-2-5-3-6(8(11,12)13)14-15(5)4-7(9)10/h3,7H,2,4H2,1H3. The van der Waals surface area contributed by atoms with Crippen LogP contribution < -0.4 is 0 Å². The fourth-order valence-electron chi connectivity index (χ4n) is 1.17. The first-order valence-corrected chi connectivity index (χ1v) is 4.26. The minimum absolute atomic E-state index is 0.155. The van der Waals surface area contributed by atoms with Crippen molar-refractivity contribution in [3.05, 3.63) is 17.5 Å². The summed E-state index contributed by atoms with van der Waals surface area (Å²) in [5.74, 6) is 0. The first kappa shape index (κ1) is 11.9. The van der Waals surface area contributed by atoms with E-state index in [4.69, 9.17) is 0 Å².